The van der Waals surface area contributed by atoms with E-state index in [1.807, 2.05) is 48.5 Å². The molecule has 0 atom stereocenters. The summed E-state index contributed by atoms with van der Waals surface area (Å²) in [5.74, 6) is -1.15. The smallest absolute Gasteiger partial charge is 0.270 e. The molecule has 33 heavy (non-hydrogen) atoms. The van der Waals surface area contributed by atoms with Gasteiger partial charge in [0.15, 0.2) is 0 Å². The molecule has 5 aromatic rings. The van der Waals surface area contributed by atoms with Crippen LogP contribution in [0.15, 0.2) is 91.0 Å². The first-order chi connectivity index (χ1) is 16.0. The number of benzene rings is 5. The van der Waals surface area contributed by atoms with Gasteiger partial charge in [-0.15, -0.1) is 0 Å². The molecule has 6 nitrogen and oxygen atoms in total. The molecule has 5 rings (SSSR count). The van der Waals surface area contributed by atoms with Gasteiger partial charge in [0, 0.05) is 34.7 Å². The van der Waals surface area contributed by atoms with E-state index in [4.69, 9.17) is 0 Å². The van der Waals surface area contributed by atoms with Gasteiger partial charge in [0.05, 0.1) is 4.92 Å². The number of hydrogen-bond donors (Lipinski definition) is 3. The average molecular weight is 437 g/mol. The summed E-state index contributed by atoms with van der Waals surface area (Å²) in [5, 5.41) is 47.6. The summed E-state index contributed by atoms with van der Waals surface area (Å²) >= 11 is 0. The molecule has 5 aromatic carbocycles. The number of nitro groups is 1. The highest BCUT2D eigenvalue weighted by Gasteiger charge is 2.30. The minimum absolute atomic E-state index is 0.0445. The van der Waals surface area contributed by atoms with Crippen LogP contribution in [-0.4, -0.2) is 20.2 Å². The van der Waals surface area contributed by atoms with Crippen LogP contribution < -0.4 is 0 Å². The highest BCUT2D eigenvalue weighted by Crippen LogP contribution is 2.48. The third kappa shape index (κ3) is 3.38. The van der Waals surface area contributed by atoms with Crippen molar-refractivity contribution in [3.63, 3.8) is 0 Å². The summed E-state index contributed by atoms with van der Waals surface area (Å²) in [4.78, 5) is 11.0. The number of aromatic hydroxyl groups is 3. The van der Waals surface area contributed by atoms with Gasteiger partial charge in [0.25, 0.3) is 5.69 Å². The first-order valence-corrected chi connectivity index (χ1v) is 10.3. The summed E-state index contributed by atoms with van der Waals surface area (Å²) in [6, 6.07) is 25.3. The number of non-ortho nitro benzene ring substituents is 1. The highest BCUT2D eigenvalue weighted by atomic mass is 16.6. The SMILES string of the molecule is O=[N+]([O-])c1ccc(O)c(C(c2c(O)ccc3ccccc23)c2c(O)ccc3ccccc23)c1. The number of phenolic OH excluding ortho intramolecular Hbond substituents is 3. The molecule has 0 aliphatic carbocycles. The second-order valence-electron chi connectivity index (χ2n) is 7.87. The minimum atomic E-state index is -0.887. The molecule has 0 aliphatic heterocycles. The molecule has 0 aliphatic rings. The zero-order valence-corrected chi connectivity index (χ0v) is 17.3. The lowest BCUT2D eigenvalue weighted by atomic mass is 9.79. The number of hydrogen-bond acceptors (Lipinski definition) is 5. The van der Waals surface area contributed by atoms with Crippen molar-refractivity contribution in [2.45, 2.75) is 5.92 Å². The van der Waals surface area contributed by atoms with Gasteiger partial charge in [-0.3, -0.25) is 10.1 Å². The van der Waals surface area contributed by atoms with Crippen LogP contribution in [0.1, 0.15) is 22.6 Å². The highest BCUT2D eigenvalue weighted by molar-refractivity contribution is 5.93. The molecule has 0 bridgehead atoms. The van der Waals surface area contributed by atoms with Gasteiger partial charge in [-0.1, -0.05) is 60.7 Å². The standard InChI is InChI=1S/C27H19NO5/c29-22-14-11-18(28(32)33)15-21(22)27(25-19-7-3-1-5-16(19)9-12-23(25)30)26-20-8-4-2-6-17(20)10-13-24(26)31/h1-15,27,29-31H. The summed E-state index contributed by atoms with van der Waals surface area (Å²) in [5.41, 5.74) is 0.890. The molecule has 0 amide bonds. The van der Waals surface area contributed by atoms with Crippen molar-refractivity contribution in [3.8, 4) is 17.2 Å². The molecule has 0 radical (unpaired) electrons. The average Bonchev–Trinajstić information content (AvgIpc) is 2.82. The van der Waals surface area contributed by atoms with Crippen LogP contribution in [0, 0.1) is 10.1 Å². The van der Waals surface area contributed by atoms with Crippen LogP contribution in [0.5, 0.6) is 17.2 Å². The summed E-state index contributed by atoms with van der Waals surface area (Å²) in [7, 11) is 0. The van der Waals surface area contributed by atoms with Gasteiger partial charge >= 0.3 is 0 Å². The van der Waals surface area contributed by atoms with Gasteiger partial charge in [-0.25, -0.2) is 0 Å². The third-order valence-corrected chi connectivity index (χ3v) is 6.01. The lowest BCUT2D eigenvalue weighted by Gasteiger charge is -2.24. The number of fused-ring (bicyclic) bond motifs is 2. The second kappa shape index (κ2) is 7.84. The van der Waals surface area contributed by atoms with E-state index in [2.05, 4.69) is 0 Å². The molecule has 6 heteroatoms. The van der Waals surface area contributed by atoms with Gasteiger partial charge in [-0.2, -0.15) is 0 Å². The molecule has 0 heterocycles. The molecule has 3 N–H and O–H groups in total. The Morgan fingerprint density at radius 3 is 1.64 bits per heavy atom. The van der Waals surface area contributed by atoms with Crippen molar-refractivity contribution in [2.75, 3.05) is 0 Å². The number of phenols is 3. The van der Waals surface area contributed by atoms with Crippen molar-refractivity contribution in [3.05, 3.63) is 118 Å². The normalized spacial score (nSPS) is 11.3. The first-order valence-electron chi connectivity index (χ1n) is 10.3. The Bertz CT molecular complexity index is 1460. The number of rotatable bonds is 4. The lowest BCUT2D eigenvalue weighted by Crippen LogP contribution is -2.07. The van der Waals surface area contributed by atoms with E-state index in [1.165, 1.54) is 18.2 Å². The van der Waals surface area contributed by atoms with E-state index in [0.717, 1.165) is 10.8 Å². The maximum absolute atomic E-state index is 11.5. The van der Waals surface area contributed by atoms with E-state index in [-0.39, 0.29) is 28.5 Å². The van der Waals surface area contributed by atoms with Gasteiger partial charge in [0.2, 0.25) is 0 Å². The quantitative estimate of drug-likeness (QED) is 0.176. The Balaban J connectivity index is 1.96. The van der Waals surface area contributed by atoms with Crippen molar-refractivity contribution in [2.24, 2.45) is 0 Å². The molecule has 0 spiro atoms. The molecular weight excluding hydrogens is 418 g/mol. The molecule has 162 valence electrons. The molecule has 0 saturated carbocycles. The third-order valence-electron chi connectivity index (χ3n) is 6.01. The first kappa shape index (κ1) is 20.3. The Morgan fingerprint density at radius 1 is 0.636 bits per heavy atom. The Hall–Kier alpha value is -4.58. The topological polar surface area (TPSA) is 104 Å². The van der Waals surface area contributed by atoms with Gasteiger partial charge < -0.3 is 15.3 Å². The lowest BCUT2D eigenvalue weighted by molar-refractivity contribution is -0.384. The number of nitrogens with zero attached hydrogens (tertiary/aromatic N) is 1. The molecular formula is C27H19NO5. The van der Waals surface area contributed by atoms with Crippen molar-refractivity contribution < 1.29 is 20.2 Å². The van der Waals surface area contributed by atoms with Crippen LogP contribution >= 0.6 is 0 Å². The van der Waals surface area contributed by atoms with Gasteiger partial charge in [-0.05, 0) is 39.7 Å². The molecule has 0 aromatic heterocycles. The minimum Gasteiger partial charge on any atom is -0.508 e. The van der Waals surface area contributed by atoms with Crippen LogP contribution in [0.3, 0.4) is 0 Å². The summed E-state index contributed by atoms with van der Waals surface area (Å²) < 4.78 is 0. The zero-order chi connectivity index (χ0) is 23.1. The second-order valence-corrected chi connectivity index (χ2v) is 7.87. The fourth-order valence-electron chi connectivity index (χ4n) is 4.52. The van der Waals surface area contributed by atoms with Crippen molar-refractivity contribution >= 4 is 27.2 Å². The van der Waals surface area contributed by atoms with Crippen LogP contribution in [-0.2, 0) is 0 Å². The van der Waals surface area contributed by atoms with Crippen LogP contribution in [0.25, 0.3) is 21.5 Å². The van der Waals surface area contributed by atoms with Crippen LogP contribution in [0.2, 0.25) is 0 Å². The Morgan fingerprint density at radius 2 is 1.12 bits per heavy atom. The van der Waals surface area contributed by atoms with Gasteiger partial charge in [0.1, 0.15) is 17.2 Å². The maximum Gasteiger partial charge on any atom is 0.270 e. The van der Waals surface area contributed by atoms with Crippen molar-refractivity contribution in [1.29, 1.82) is 0 Å². The Kier molecular flexibility index (Phi) is 4.83. The monoisotopic (exact) mass is 437 g/mol. The predicted octanol–water partition coefficient (Wildman–Crippen LogP) is 6.20. The van der Waals surface area contributed by atoms with E-state index in [1.54, 1.807) is 24.3 Å². The van der Waals surface area contributed by atoms with E-state index < -0.39 is 10.8 Å². The molecule has 0 fully saturated rings. The van der Waals surface area contributed by atoms with Crippen molar-refractivity contribution in [1.82, 2.24) is 0 Å². The maximum atomic E-state index is 11.5. The summed E-state index contributed by atoms with van der Waals surface area (Å²) in [6.45, 7) is 0. The molecule has 0 unspecified atom stereocenters. The van der Waals surface area contributed by atoms with E-state index in [0.29, 0.717) is 21.9 Å². The molecule has 0 saturated heterocycles. The van der Waals surface area contributed by atoms with Crippen LogP contribution in [0.4, 0.5) is 5.69 Å². The largest absolute Gasteiger partial charge is 0.508 e. The van der Waals surface area contributed by atoms with E-state index >= 15 is 0 Å². The fourth-order valence-corrected chi connectivity index (χ4v) is 4.52. The fraction of sp³-hybridized carbons (Fsp3) is 0.0370. The van der Waals surface area contributed by atoms with E-state index in [9.17, 15) is 25.4 Å². The Labute approximate surface area is 188 Å². The summed E-state index contributed by atoms with van der Waals surface area (Å²) in [6.07, 6.45) is 0. The zero-order valence-electron chi connectivity index (χ0n) is 17.3. The predicted molar refractivity (Wildman–Crippen MR) is 127 cm³/mol. The number of nitro benzene ring substituents is 1.